The maximum Gasteiger partial charge on any atom is 0.255 e. The average Bonchev–Trinajstić information content (AvgIpc) is 2.84. The summed E-state index contributed by atoms with van der Waals surface area (Å²) in [5.41, 5.74) is 0.228. The topological polar surface area (TPSA) is 78.4 Å². The zero-order chi connectivity index (χ0) is 24.7. The molecule has 1 aromatic carbocycles. The fraction of sp³-hybridized carbons (Fsp3) is 0.379. The van der Waals surface area contributed by atoms with Crippen LogP contribution in [0.15, 0.2) is 85.0 Å². The molecule has 0 unspecified atom stereocenters. The minimum Gasteiger partial charge on any atom is -0.507 e. The largest absolute Gasteiger partial charge is 0.507 e. The minimum absolute atomic E-state index is 0.0239. The number of phenolic OH excluding ortho intramolecular Hbond substituents is 1. The third-order valence-electron chi connectivity index (χ3n) is 4.81. The summed E-state index contributed by atoms with van der Waals surface area (Å²) in [6.45, 7) is 2.82. The maximum atomic E-state index is 12.0. The van der Waals surface area contributed by atoms with Gasteiger partial charge in [-0.1, -0.05) is 79.8 Å². The molecule has 0 aromatic heterocycles. The van der Waals surface area contributed by atoms with E-state index in [0.29, 0.717) is 19.5 Å². The highest BCUT2D eigenvalue weighted by Crippen LogP contribution is 2.14. The molecule has 1 rings (SSSR count). The molecule has 184 valence electrons. The molecule has 0 bridgehead atoms. The quantitative estimate of drug-likeness (QED) is 0.191. The van der Waals surface area contributed by atoms with Gasteiger partial charge in [-0.25, -0.2) is 0 Å². The number of amides is 2. The van der Waals surface area contributed by atoms with Gasteiger partial charge >= 0.3 is 0 Å². The molecule has 34 heavy (non-hydrogen) atoms. The number of carbonyl (C=O) groups excluding carboxylic acids is 2. The van der Waals surface area contributed by atoms with Crippen molar-refractivity contribution in [2.45, 2.75) is 58.3 Å². The summed E-state index contributed by atoms with van der Waals surface area (Å²) < 4.78 is 0. The molecule has 3 N–H and O–H groups in total. The fourth-order valence-electron chi connectivity index (χ4n) is 2.98. The van der Waals surface area contributed by atoms with Crippen LogP contribution in [0.4, 0.5) is 0 Å². The van der Waals surface area contributed by atoms with Crippen molar-refractivity contribution in [1.82, 2.24) is 10.6 Å². The van der Waals surface area contributed by atoms with Gasteiger partial charge in [0, 0.05) is 19.5 Å². The van der Waals surface area contributed by atoms with E-state index in [4.69, 9.17) is 0 Å². The lowest BCUT2D eigenvalue weighted by atomic mass is 10.2. The molecule has 2 amide bonds. The Bertz CT molecular complexity index is 851. The first-order valence-corrected chi connectivity index (χ1v) is 12.2. The molecule has 0 aliphatic heterocycles. The van der Waals surface area contributed by atoms with Crippen molar-refractivity contribution in [1.29, 1.82) is 0 Å². The Balaban J connectivity index is 1.98. The summed E-state index contributed by atoms with van der Waals surface area (Å²) in [4.78, 5) is 23.8. The number of unbranched alkanes of at least 4 members (excludes halogenated alkanes) is 1. The Labute approximate surface area is 205 Å². The molecule has 0 heterocycles. The first-order valence-electron chi connectivity index (χ1n) is 12.2. The summed E-state index contributed by atoms with van der Waals surface area (Å²) in [5.74, 6) is -0.436. The van der Waals surface area contributed by atoms with E-state index in [-0.39, 0.29) is 23.1 Å². The van der Waals surface area contributed by atoms with E-state index in [1.54, 1.807) is 18.2 Å². The summed E-state index contributed by atoms with van der Waals surface area (Å²) in [7, 11) is 0. The highest BCUT2D eigenvalue weighted by atomic mass is 16.3. The van der Waals surface area contributed by atoms with Crippen LogP contribution in [0.3, 0.4) is 0 Å². The number of hydrogen-bond donors (Lipinski definition) is 3. The molecule has 5 nitrogen and oxygen atoms in total. The second kappa shape index (κ2) is 20.3. The third kappa shape index (κ3) is 15.5. The van der Waals surface area contributed by atoms with Crippen molar-refractivity contribution >= 4 is 11.8 Å². The third-order valence-corrected chi connectivity index (χ3v) is 4.81. The van der Waals surface area contributed by atoms with Gasteiger partial charge in [-0.15, -0.1) is 0 Å². The molecule has 0 atom stereocenters. The Morgan fingerprint density at radius 1 is 0.765 bits per heavy atom. The molecule has 0 fully saturated rings. The van der Waals surface area contributed by atoms with Crippen LogP contribution in [-0.4, -0.2) is 30.0 Å². The molecular formula is C29H40N2O3. The van der Waals surface area contributed by atoms with Crippen molar-refractivity contribution < 1.29 is 14.7 Å². The molecule has 5 heteroatoms. The van der Waals surface area contributed by atoms with Crippen LogP contribution >= 0.6 is 0 Å². The Morgan fingerprint density at radius 2 is 1.29 bits per heavy atom. The summed E-state index contributed by atoms with van der Waals surface area (Å²) in [6.07, 6.45) is 28.8. The van der Waals surface area contributed by atoms with Gasteiger partial charge < -0.3 is 15.7 Å². The van der Waals surface area contributed by atoms with Crippen molar-refractivity contribution in [2.75, 3.05) is 13.1 Å². The van der Waals surface area contributed by atoms with E-state index < -0.39 is 0 Å². The summed E-state index contributed by atoms with van der Waals surface area (Å²) >= 11 is 0. The van der Waals surface area contributed by atoms with Gasteiger partial charge in [-0.05, 0) is 57.1 Å². The second-order valence-corrected chi connectivity index (χ2v) is 7.72. The van der Waals surface area contributed by atoms with E-state index in [1.807, 2.05) is 0 Å². The molecule has 0 saturated heterocycles. The number of allylic oxidation sites excluding steroid dienone is 10. The van der Waals surface area contributed by atoms with Gasteiger partial charge in [-0.2, -0.15) is 0 Å². The highest BCUT2D eigenvalue weighted by Gasteiger charge is 2.09. The second-order valence-electron chi connectivity index (χ2n) is 7.72. The van der Waals surface area contributed by atoms with E-state index in [1.165, 1.54) is 6.07 Å². The number of nitrogens with one attached hydrogen (secondary N) is 2. The van der Waals surface area contributed by atoms with Crippen LogP contribution in [0.1, 0.15) is 68.6 Å². The Kier molecular flexibility index (Phi) is 17.1. The zero-order valence-electron chi connectivity index (χ0n) is 20.4. The first kappa shape index (κ1) is 28.7. The maximum absolute atomic E-state index is 12.0. The van der Waals surface area contributed by atoms with Gasteiger partial charge in [0.2, 0.25) is 5.91 Å². The number of phenols is 1. The van der Waals surface area contributed by atoms with Crippen molar-refractivity contribution in [3.05, 3.63) is 90.6 Å². The summed E-state index contributed by atoms with van der Waals surface area (Å²) in [6, 6.07) is 6.37. The number of carbonyl (C=O) groups is 2. The number of benzene rings is 1. The average molecular weight is 465 g/mol. The Morgan fingerprint density at radius 3 is 1.88 bits per heavy atom. The zero-order valence-corrected chi connectivity index (χ0v) is 20.4. The fourth-order valence-corrected chi connectivity index (χ4v) is 2.98. The number of aromatic hydroxyl groups is 1. The van der Waals surface area contributed by atoms with Crippen molar-refractivity contribution in [2.24, 2.45) is 0 Å². The van der Waals surface area contributed by atoms with E-state index in [0.717, 1.165) is 44.9 Å². The molecule has 0 aliphatic rings. The Hall–Kier alpha value is -3.34. The molecule has 1 aromatic rings. The van der Waals surface area contributed by atoms with Gasteiger partial charge in [0.1, 0.15) is 5.75 Å². The first-order chi connectivity index (χ1) is 16.6. The molecule has 0 saturated carbocycles. The van der Waals surface area contributed by atoms with Crippen LogP contribution in [0, 0.1) is 0 Å². The number of rotatable bonds is 17. The van der Waals surface area contributed by atoms with Gasteiger partial charge in [0.15, 0.2) is 0 Å². The van der Waals surface area contributed by atoms with Crippen LogP contribution < -0.4 is 10.6 Å². The molecule has 0 spiro atoms. The monoisotopic (exact) mass is 464 g/mol. The van der Waals surface area contributed by atoms with Gasteiger partial charge in [0.05, 0.1) is 5.56 Å². The van der Waals surface area contributed by atoms with Crippen LogP contribution in [0.5, 0.6) is 5.75 Å². The van der Waals surface area contributed by atoms with E-state index >= 15 is 0 Å². The predicted octanol–water partition coefficient (Wildman–Crippen LogP) is 6.16. The van der Waals surface area contributed by atoms with Crippen molar-refractivity contribution in [3.63, 3.8) is 0 Å². The molecule has 0 aliphatic carbocycles. The number of hydrogen-bond acceptors (Lipinski definition) is 3. The van der Waals surface area contributed by atoms with Crippen LogP contribution in [0.2, 0.25) is 0 Å². The van der Waals surface area contributed by atoms with Crippen molar-refractivity contribution in [3.8, 4) is 5.75 Å². The molecular weight excluding hydrogens is 424 g/mol. The predicted molar refractivity (Wildman–Crippen MR) is 142 cm³/mol. The van der Waals surface area contributed by atoms with Crippen LogP contribution in [-0.2, 0) is 4.79 Å². The lowest BCUT2D eigenvalue weighted by Gasteiger charge is -2.08. The smallest absolute Gasteiger partial charge is 0.255 e. The van der Waals surface area contributed by atoms with Gasteiger partial charge in [-0.3, -0.25) is 9.59 Å². The molecule has 0 radical (unpaired) electrons. The lowest BCUT2D eigenvalue weighted by Crippen LogP contribution is -2.34. The van der Waals surface area contributed by atoms with E-state index in [9.17, 15) is 14.7 Å². The minimum atomic E-state index is -0.356. The van der Waals surface area contributed by atoms with E-state index in [2.05, 4.69) is 78.3 Å². The standard InChI is InChI=1S/C29H40N2O3/c1-2-3-4-5-6-7-8-9-10-11-12-13-14-15-16-17-18-23-28(33)30-24-25-31-29(34)26-21-19-20-22-27(26)32/h3-4,6-7,9-10,12-13,15-16,19-22,32H,2,5,8,11,14,17-18,23-25H2,1H3,(H,30,33)(H,31,34). The highest BCUT2D eigenvalue weighted by molar-refractivity contribution is 5.96. The normalized spacial score (nSPS) is 12.0. The number of para-hydroxylation sites is 1. The van der Waals surface area contributed by atoms with Gasteiger partial charge in [0.25, 0.3) is 5.91 Å². The SMILES string of the molecule is CCC=CCC=CCC=CCC=CCC=CCCCC(=O)NCCNC(=O)c1ccccc1O. The van der Waals surface area contributed by atoms with Crippen LogP contribution in [0.25, 0.3) is 0 Å². The lowest BCUT2D eigenvalue weighted by molar-refractivity contribution is -0.121. The summed E-state index contributed by atoms with van der Waals surface area (Å²) in [5, 5.41) is 15.1.